The highest BCUT2D eigenvalue weighted by molar-refractivity contribution is 5.79. The van der Waals surface area contributed by atoms with Gasteiger partial charge in [-0.2, -0.15) is 0 Å². The second kappa shape index (κ2) is 6.60. The number of hydrogen-bond acceptors (Lipinski definition) is 3. The van der Waals surface area contributed by atoms with Crippen LogP contribution in [0, 0.1) is 5.92 Å². The Morgan fingerprint density at radius 2 is 2.09 bits per heavy atom. The first kappa shape index (κ1) is 15.1. The van der Waals surface area contributed by atoms with Gasteiger partial charge in [-0.25, -0.2) is 0 Å². The van der Waals surface area contributed by atoms with E-state index in [9.17, 15) is 4.79 Å². The lowest BCUT2D eigenvalue weighted by Gasteiger charge is -2.43. The van der Waals surface area contributed by atoms with Crippen LogP contribution in [0.15, 0.2) is 12.3 Å². The van der Waals surface area contributed by atoms with Gasteiger partial charge in [-0.15, -0.1) is 0 Å². The first-order chi connectivity index (χ1) is 11.3. The Morgan fingerprint density at radius 3 is 3.04 bits per heavy atom. The summed E-state index contributed by atoms with van der Waals surface area (Å²) in [4.78, 5) is 19.8. The molecular weight excluding hydrogens is 286 g/mol. The summed E-state index contributed by atoms with van der Waals surface area (Å²) in [6.07, 6.45) is 11.4. The third-order valence-corrected chi connectivity index (χ3v) is 5.87. The van der Waals surface area contributed by atoms with Gasteiger partial charge in [0.25, 0.3) is 0 Å². The van der Waals surface area contributed by atoms with Crippen LogP contribution in [0.25, 0.3) is 0 Å². The molecule has 124 valence electrons. The largest absolute Gasteiger partial charge is 0.352 e. The first-order valence-corrected chi connectivity index (χ1v) is 9.30. The van der Waals surface area contributed by atoms with Crippen molar-refractivity contribution in [2.45, 2.75) is 64.0 Å². The van der Waals surface area contributed by atoms with E-state index in [1.54, 1.807) is 0 Å². The summed E-state index contributed by atoms with van der Waals surface area (Å²) in [5.74, 6) is 0.438. The van der Waals surface area contributed by atoms with E-state index in [-0.39, 0.29) is 11.8 Å². The smallest absolute Gasteiger partial charge is 0.224 e. The van der Waals surface area contributed by atoms with Crippen LogP contribution >= 0.6 is 0 Å². The molecule has 2 saturated heterocycles. The Balaban J connectivity index is 1.37. The summed E-state index contributed by atoms with van der Waals surface area (Å²) in [5, 5.41) is 3.19. The maximum Gasteiger partial charge on any atom is 0.224 e. The maximum atomic E-state index is 12.7. The van der Waals surface area contributed by atoms with Crippen molar-refractivity contribution in [2.24, 2.45) is 5.92 Å². The number of aryl methyl sites for hydroxylation is 2. The van der Waals surface area contributed by atoms with Crippen LogP contribution in [-0.4, -0.2) is 34.9 Å². The van der Waals surface area contributed by atoms with Crippen LogP contribution in [0.4, 0.5) is 0 Å². The SMILES string of the molecule is O=C(NCc1cnc2c(c1)CCC2)[C@@H]1CCCN2CCCC[C@H]12. The minimum atomic E-state index is 0.187. The van der Waals surface area contributed by atoms with E-state index in [2.05, 4.69) is 21.3 Å². The molecule has 1 aromatic rings. The molecule has 4 nitrogen and oxygen atoms in total. The highest BCUT2D eigenvalue weighted by Crippen LogP contribution is 2.31. The number of amides is 1. The van der Waals surface area contributed by atoms with Gasteiger partial charge in [0.1, 0.15) is 0 Å². The summed E-state index contributed by atoms with van der Waals surface area (Å²) in [5.41, 5.74) is 3.79. The molecule has 23 heavy (non-hydrogen) atoms. The van der Waals surface area contributed by atoms with Gasteiger partial charge in [-0.1, -0.05) is 12.5 Å². The molecule has 2 aliphatic heterocycles. The fourth-order valence-electron chi connectivity index (χ4n) is 4.66. The molecule has 1 amide bonds. The van der Waals surface area contributed by atoms with E-state index < -0.39 is 0 Å². The second-order valence-electron chi connectivity index (χ2n) is 7.37. The molecule has 3 heterocycles. The summed E-state index contributed by atoms with van der Waals surface area (Å²) >= 11 is 0. The lowest BCUT2D eigenvalue weighted by atomic mass is 9.83. The molecule has 0 radical (unpaired) electrons. The van der Waals surface area contributed by atoms with Crippen LogP contribution < -0.4 is 5.32 Å². The normalized spacial score (nSPS) is 27.3. The van der Waals surface area contributed by atoms with Crippen molar-refractivity contribution < 1.29 is 4.79 Å². The third-order valence-electron chi connectivity index (χ3n) is 5.87. The minimum absolute atomic E-state index is 0.187. The number of aromatic nitrogens is 1. The number of rotatable bonds is 3. The maximum absolute atomic E-state index is 12.7. The van der Waals surface area contributed by atoms with Gasteiger partial charge in [0, 0.05) is 24.5 Å². The molecule has 1 N–H and O–H groups in total. The highest BCUT2D eigenvalue weighted by atomic mass is 16.1. The van der Waals surface area contributed by atoms with E-state index >= 15 is 0 Å². The van der Waals surface area contributed by atoms with Gasteiger partial charge >= 0.3 is 0 Å². The van der Waals surface area contributed by atoms with Crippen molar-refractivity contribution in [2.75, 3.05) is 13.1 Å². The van der Waals surface area contributed by atoms with Crippen LogP contribution in [0.5, 0.6) is 0 Å². The summed E-state index contributed by atoms with van der Waals surface area (Å²) < 4.78 is 0. The average Bonchev–Trinajstić information content (AvgIpc) is 3.07. The van der Waals surface area contributed by atoms with E-state index in [0.29, 0.717) is 12.6 Å². The van der Waals surface area contributed by atoms with E-state index in [0.717, 1.165) is 31.2 Å². The molecule has 0 aromatic carbocycles. The van der Waals surface area contributed by atoms with E-state index in [1.165, 1.54) is 50.0 Å². The minimum Gasteiger partial charge on any atom is -0.352 e. The van der Waals surface area contributed by atoms with Gasteiger partial charge in [0.2, 0.25) is 5.91 Å². The molecule has 0 saturated carbocycles. The van der Waals surface area contributed by atoms with E-state index in [4.69, 9.17) is 0 Å². The number of fused-ring (bicyclic) bond motifs is 2. The van der Waals surface area contributed by atoms with Crippen LogP contribution in [0.1, 0.15) is 55.3 Å². The molecule has 1 aliphatic carbocycles. The summed E-state index contributed by atoms with van der Waals surface area (Å²) in [6.45, 7) is 2.99. The molecule has 3 aliphatic rings. The Bertz CT molecular complexity index is 584. The number of nitrogens with one attached hydrogen (secondary N) is 1. The van der Waals surface area contributed by atoms with Gasteiger partial charge in [-0.05, 0) is 69.2 Å². The number of pyridine rings is 1. The fraction of sp³-hybridized carbons (Fsp3) is 0.684. The van der Waals surface area contributed by atoms with Gasteiger partial charge in [0.05, 0.1) is 5.92 Å². The van der Waals surface area contributed by atoms with Crippen molar-refractivity contribution in [1.82, 2.24) is 15.2 Å². The molecular formula is C19H27N3O. The fourth-order valence-corrected chi connectivity index (χ4v) is 4.66. The molecule has 0 unspecified atom stereocenters. The molecule has 4 rings (SSSR count). The number of carbonyl (C=O) groups is 1. The number of nitrogens with zero attached hydrogens (tertiary/aromatic N) is 2. The van der Waals surface area contributed by atoms with Gasteiger partial charge in [0.15, 0.2) is 0 Å². The van der Waals surface area contributed by atoms with Crippen LogP contribution in [0.3, 0.4) is 0 Å². The topological polar surface area (TPSA) is 45.2 Å². The Labute approximate surface area is 138 Å². The number of piperidine rings is 2. The predicted octanol–water partition coefficient (Wildman–Crippen LogP) is 2.45. The molecule has 2 fully saturated rings. The predicted molar refractivity (Wildman–Crippen MR) is 90.0 cm³/mol. The lowest BCUT2D eigenvalue weighted by Crippen LogP contribution is -2.52. The Kier molecular flexibility index (Phi) is 4.34. The second-order valence-corrected chi connectivity index (χ2v) is 7.37. The van der Waals surface area contributed by atoms with Crippen molar-refractivity contribution in [1.29, 1.82) is 0 Å². The molecule has 1 aromatic heterocycles. The van der Waals surface area contributed by atoms with Crippen molar-refractivity contribution in [3.8, 4) is 0 Å². The molecule has 0 spiro atoms. The Morgan fingerprint density at radius 1 is 1.17 bits per heavy atom. The first-order valence-electron chi connectivity index (χ1n) is 9.30. The molecule has 4 heteroatoms. The zero-order valence-corrected chi connectivity index (χ0v) is 13.9. The van der Waals surface area contributed by atoms with Crippen LogP contribution in [0.2, 0.25) is 0 Å². The number of carbonyl (C=O) groups excluding carboxylic acids is 1. The highest BCUT2D eigenvalue weighted by Gasteiger charge is 2.36. The number of hydrogen-bond donors (Lipinski definition) is 1. The quantitative estimate of drug-likeness (QED) is 0.932. The average molecular weight is 313 g/mol. The van der Waals surface area contributed by atoms with E-state index in [1.807, 2.05) is 6.20 Å². The van der Waals surface area contributed by atoms with Crippen molar-refractivity contribution in [3.63, 3.8) is 0 Å². The monoisotopic (exact) mass is 313 g/mol. The summed E-state index contributed by atoms with van der Waals surface area (Å²) in [6, 6.07) is 2.72. The molecule has 2 atom stereocenters. The summed E-state index contributed by atoms with van der Waals surface area (Å²) in [7, 11) is 0. The zero-order chi connectivity index (χ0) is 15.6. The Hall–Kier alpha value is -1.42. The van der Waals surface area contributed by atoms with Gasteiger partial charge in [-0.3, -0.25) is 14.7 Å². The lowest BCUT2D eigenvalue weighted by molar-refractivity contribution is -0.129. The van der Waals surface area contributed by atoms with Crippen molar-refractivity contribution in [3.05, 3.63) is 29.1 Å². The van der Waals surface area contributed by atoms with Gasteiger partial charge < -0.3 is 5.32 Å². The molecule has 0 bridgehead atoms. The zero-order valence-electron chi connectivity index (χ0n) is 13.9. The van der Waals surface area contributed by atoms with Crippen molar-refractivity contribution >= 4 is 5.91 Å². The van der Waals surface area contributed by atoms with Crippen LogP contribution in [-0.2, 0) is 24.2 Å². The standard InChI is InChI=1S/C19H27N3O/c23-19(16-6-4-10-22-9-2-1-8-18(16)22)21-13-14-11-15-5-3-7-17(15)20-12-14/h11-12,16,18H,1-10,13H2,(H,21,23)/t16-,18-/m1/s1. The third kappa shape index (κ3) is 3.14.